The van der Waals surface area contributed by atoms with Gasteiger partial charge < -0.3 is 10.6 Å². The molecular weight excluding hydrogens is 311 g/mol. The number of alkyl halides is 1. The number of rotatable bonds is 5. The molecule has 128 valence electrons. The molecule has 7 nitrogen and oxygen atoms in total. The summed E-state index contributed by atoms with van der Waals surface area (Å²) in [7, 11) is 0. The van der Waals surface area contributed by atoms with Crippen molar-refractivity contribution in [1.29, 1.82) is 0 Å². The fourth-order valence-corrected chi connectivity index (χ4v) is 2.86. The van der Waals surface area contributed by atoms with Gasteiger partial charge in [-0.3, -0.25) is 4.68 Å². The van der Waals surface area contributed by atoms with E-state index in [9.17, 15) is 9.18 Å². The molecule has 8 heteroatoms. The maximum Gasteiger partial charge on any atom is 0.315 e. The summed E-state index contributed by atoms with van der Waals surface area (Å²) in [5.74, 6) is 0.784. The zero-order chi connectivity index (χ0) is 16.9. The number of fused-ring (bicyclic) bond motifs is 1. The van der Waals surface area contributed by atoms with Gasteiger partial charge in [0.15, 0.2) is 0 Å². The van der Waals surface area contributed by atoms with E-state index in [-0.39, 0.29) is 18.6 Å². The second kappa shape index (κ2) is 7.37. The molecule has 1 unspecified atom stereocenters. The predicted octanol–water partition coefficient (Wildman–Crippen LogP) is 1.31. The first kappa shape index (κ1) is 16.4. The van der Waals surface area contributed by atoms with Gasteiger partial charge in [-0.2, -0.15) is 5.10 Å². The van der Waals surface area contributed by atoms with Crippen LogP contribution in [0, 0.1) is 6.92 Å². The Kier molecular flexibility index (Phi) is 5.02. The van der Waals surface area contributed by atoms with E-state index in [2.05, 4.69) is 25.7 Å². The van der Waals surface area contributed by atoms with Crippen molar-refractivity contribution in [2.45, 2.75) is 45.3 Å². The number of hydrogen-bond donors (Lipinski definition) is 2. The lowest BCUT2D eigenvalue weighted by atomic mass is 9.93. The molecule has 0 aromatic carbocycles. The van der Waals surface area contributed by atoms with E-state index < -0.39 is 6.67 Å². The Morgan fingerprint density at radius 3 is 3.17 bits per heavy atom. The van der Waals surface area contributed by atoms with Crippen molar-refractivity contribution in [1.82, 2.24) is 30.4 Å². The van der Waals surface area contributed by atoms with E-state index >= 15 is 0 Å². The Morgan fingerprint density at radius 2 is 2.33 bits per heavy atom. The summed E-state index contributed by atoms with van der Waals surface area (Å²) in [4.78, 5) is 20.7. The SMILES string of the molecule is Cc1ncc2c(n1)CCC(NC(=O)NCc1cnn(CCF)c1)C2. The van der Waals surface area contributed by atoms with Gasteiger partial charge in [-0.05, 0) is 31.7 Å². The smallest absolute Gasteiger partial charge is 0.315 e. The Balaban J connectivity index is 1.47. The van der Waals surface area contributed by atoms with Crippen LogP contribution in [0.3, 0.4) is 0 Å². The molecule has 0 spiro atoms. The standard InChI is InChI=1S/C16H21FN6O/c1-11-18-9-13-6-14(2-3-15(13)21-11)22-16(24)19-7-12-8-20-23(10-12)5-4-17/h8-10,14H,2-7H2,1H3,(H2,19,22,24). The van der Waals surface area contributed by atoms with Gasteiger partial charge in [-0.15, -0.1) is 0 Å². The molecule has 0 fully saturated rings. The van der Waals surface area contributed by atoms with Crippen molar-refractivity contribution in [3.8, 4) is 0 Å². The summed E-state index contributed by atoms with van der Waals surface area (Å²) in [5, 5.41) is 9.81. The summed E-state index contributed by atoms with van der Waals surface area (Å²) in [6.45, 7) is 2.02. The van der Waals surface area contributed by atoms with Gasteiger partial charge in [0.05, 0.1) is 12.7 Å². The minimum Gasteiger partial charge on any atom is -0.335 e. The quantitative estimate of drug-likeness (QED) is 0.864. The molecule has 0 saturated carbocycles. The largest absolute Gasteiger partial charge is 0.335 e. The topological polar surface area (TPSA) is 84.7 Å². The van der Waals surface area contributed by atoms with Crippen LogP contribution in [-0.4, -0.2) is 38.5 Å². The van der Waals surface area contributed by atoms with Crippen LogP contribution in [0.5, 0.6) is 0 Å². The number of aryl methyl sites for hydroxylation is 3. The van der Waals surface area contributed by atoms with Gasteiger partial charge >= 0.3 is 6.03 Å². The lowest BCUT2D eigenvalue weighted by Crippen LogP contribution is -2.44. The first-order valence-electron chi connectivity index (χ1n) is 8.07. The summed E-state index contributed by atoms with van der Waals surface area (Å²) in [5.41, 5.74) is 3.03. The van der Waals surface area contributed by atoms with Gasteiger partial charge in [-0.1, -0.05) is 0 Å². The number of urea groups is 1. The van der Waals surface area contributed by atoms with Crippen LogP contribution in [0.25, 0.3) is 0 Å². The Labute approximate surface area is 139 Å². The number of carbonyl (C=O) groups is 1. The van der Waals surface area contributed by atoms with Crippen LogP contribution in [0.2, 0.25) is 0 Å². The highest BCUT2D eigenvalue weighted by Crippen LogP contribution is 2.19. The number of halogens is 1. The van der Waals surface area contributed by atoms with Gasteiger partial charge in [0, 0.05) is 36.2 Å². The maximum absolute atomic E-state index is 12.2. The van der Waals surface area contributed by atoms with Crippen LogP contribution in [0.15, 0.2) is 18.6 Å². The van der Waals surface area contributed by atoms with Crippen molar-refractivity contribution in [2.24, 2.45) is 0 Å². The Bertz CT molecular complexity index is 716. The van der Waals surface area contributed by atoms with Crippen molar-refractivity contribution in [2.75, 3.05) is 6.67 Å². The van der Waals surface area contributed by atoms with Crippen LogP contribution in [0.1, 0.15) is 29.1 Å². The summed E-state index contributed by atoms with van der Waals surface area (Å²) < 4.78 is 13.8. The highest BCUT2D eigenvalue weighted by molar-refractivity contribution is 5.74. The third-order valence-corrected chi connectivity index (χ3v) is 4.06. The summed E-state index contributed by atoms with van der Waals surface area (Å²) >= 11 is 0. The third-order valence-electron chi connectivity index (χ3n) is 4.06. The molecule has 1 aliphatic rings. The Morgan fingerprint density at radius 1 is 1.46 bits per heavy atom. The number of amides is 2. The lowest BCUT2D eigenvalue weighted by molar-refractivity contribution is 0.235. The highest BCUT2D eigenvalue weighted by atomic mass is 19.1. The average molecular weight is 332 g/mol. The predicted molar refractivity (Wildman–Crippen MR) is 86.2 cm³/mol. The molecule has 2 N–H and O–H groups in total. The molecule has 2 aromatic rings. The van der Waals surface area contributed by atoms with E-state index in [1.807, 2.05) is 13.1 Å². The molecule has 2 aromatic heterocycles. The molecule has 0 saturated heterocycles. The number of nitrogens with zero attached hydrogens (tertiary/aromatic N) is 4. The summed E-state index contributed by atoms with van der Waals surface area (Å²) in [6, 6.07) is -0.132. The van der Waals surface area contributed by atoms with E-state index in [0.717, 1.165) is 41.9 Å². The van der Waals surface area contributed by atoms with Crippen molar-refractivity contribution < 1.29 is 9.18 Å². The molecule has 0 bridgehead atoms. The molecule has 24 heavy (non-hydrogen) atoms. The lowest BCUT2D eigenvalue weighted by Gasteiger charge is -2.24. The van der Waals surface area contributed by atoms with Gasteiger partial charge in [0.1, 0.15) is 12.5 Å². The number of nitrogens with one attached hydrogen (secondary N) is 2. The first-order chi connectivity index (χ1) is 11.6. The van der Waals surface area contributed by atoms with Gasteiger partial charge in [0.25, 0.3) is 0 Å². The van der Waals surface area contributed by atoms with Crippen molar-refractivity contribution >= 4 is 6.03 Å². The number of hydrogen-bond acceptors (Lipinski definition) is 4. The monoisotopic (exact) mass is 332 g/mol. The Hall–Kier alpha value is -2.51. The molecule has 0 aliphatic heterocycles. The molecule has 1 aliphatic carbocycles. The van der Waals surface area contributed by atoms with Crippen molar-refractivity contribution in [3.05, 3.63) is 41.2 Å². The minimum atomic E-state index is -0.457. The molecule has 2 heterocycles. The van der Waals surface area contributed by atoms with Crippen LogP contribution >= 0.6 is 0 Å². The highest BCUT2D eigenvalue weighted by Gasteiger charge is 2.21. The van der Waals surface area contributed by atoms with Gasteiger partial charge in [-0.25, -0.2) is 19.2 Å². The molecule has 3 rings (SSSR count). The second-order valence-electron chi connectivity index (χ2n) is 5.96. The average Bonchev–Trinajstić information content (AvgIpc) is 3.01. The van der Waals surface area contributed by atoms with Gasteiger partial charge in [0.2, 0.25) is 0 Å². The maximum atomic E-state index is 12.2. The molecule has 0 radical (unpaired) electrons. The zero-order valence-electron chi connectivity index (χ0n) is 13.6. The van der Waals surface area contributed by atoms with E-state index in [1.165, 1.54) is 4.68 Å². The normalized spacial score (nSPS) is 16.5. The zero-order valence-corrected chi connectivity index (χ0v) is 13.6. The first-order valence-corrected chi connectivity index (χ1v) is 8.07. The molecular formula is C16H21FN6O. The fourth-order valence-electron chi connectivity index (χ4n) is 2.86. The summed E-state index contributed by atoms with van der Waals surface area (Å²) in [6.07, 6.45) is 7.67. The van der Waals surface area contributed by atoms with Crippen LogP contribution < -0.4 is 10.6 Å². The second-order valence-corrected chi connectivity index (χ2v) is 5.96. The van der Waals surface area contributed by atoms with Crippen LogP contribution in [0.4, 0.5) is 9.18 Å². The van der Waals surface area contributed by atoms with Crippen LogP contribution in [-0.2, 0) is 25.9 Å². The fraction of sp³-hybridized carbons (Fsp3) is 0.500. The van der Waals surface area contributed by atoms with E-state index in [4.69, 9.17) is 0 Å². The molecule has 2 amide bonds. The number of carbonyl (C=O) groups excluding carboxylic acids is 1. The third kappa shape index (κ3) is 4.06. The van der Waals surface area contributed by atoms with E-state index in [0.29, 0.717) is 6.54 Å². The minimum absolute atomic E-state index is 0.0815. The number of aromatic nitrogens is 4. The molecule has 1 atom stereocenters. The van der Waals surface area contributed by atoms with E-state index in [1.54, 1.807) is 12.4 Å². The van der Waals surface area contributed by atoms with Crippen molar-refractivity contribution in [3.63, 3.8) is 0 Å².